The number of anilines is 1. The summed E-state index contributed by atoms with van der Waals surface area (Å²) in [5.74, 6) is -0.586. The number of carbonyl (C=O) groups is 1. The molecule has 1 N–H and O–H groups in total. The van der Waals surface area contributed by atoms with E-state index in [-0.39, 0.29) is 12.1 Å². The molecule has 1 atom stereocenters. The minimum absolute atomic E-state index is 0.105. The molecular formula is C22H16F3NO2. The van der Waals surface area contributed by atoms with Crippen molar-refractivity contribution in [2.75, 3.05) is 4.90 Å². The van der Waals surface area contributed by atoms with Crippen molar-refractivity contribution in [1.29, 1.82) is 0 Å². The first kappa shape index (κ1) is 18.3. The van der Waals surface area contributed by atoms with E-state index in [9.17, 15) is 23.1 Å². The maximum absolute atomic E-state index is 13.2. The molecule has 0 saturated carbocycles. The lowest BCUT2D eigenvalue weighted by Gasteiger charge is -2.24. The van der Waals surface area contributed by atoms with E-state index in [4.69, 9.17) is 0 Å². The second-order valence-corrected chi connectivity index (χ2v) is 6.68. The SMILES string of the molecule is O=C1N(Cc2ccccc2)c2ccccc2C1(O)c1ccc(C(F)(F)F)cc1. The number of rotatable bonds is 3. The van der Waals surface area contributed by atoms with Crippen molar-refractivity contribution in [3.8, 4) is 0 Å². The third-order valence-corrected chi connectivity index (χ3v) is 4.95. The molecule has 6 heteroatoms. The largest absolute Gasteiger partial charge is 0.416 e. The van der Waals surface area contributed by atoms with Crippen LogP contribution >= 0.6 is 0 Å². The molecule has 0 aliphatic carbocycles. The van der Waals surface area contributed by atoms with Crippen LogP contribution in [0.2, 0.25) is 0 Å². The van der Waals surface area contributed by atoms with Crippen molar-refractivity contribution in [2.24, 2.45) is 0 Å². The number of benzene rings is 3. The average molecular weight is 383 g/mol. The summed E-state index contributed by atoms with van der Waals surface area (Å²) in [6, 6.07) is 20.1. The lowest BCUT2D eigenvalue weighted by molar-refractivity contribution is -0.137. The van der Waals surface area contributed by atoms with Crippen LogP contribution in [0.25, 0.3) is 0 Å². The summed E-state index contributed by atoms with van der Waals surface area (Å²) in [4.78, 5) is 14.7. The molecule has 0 bridgehead atoms. The molecule has 1 amide bonds. The Morgan fingerprint density at radius 3 is 2.11 bits per heavy atom. The fourth-order valence-electron chi connectivity index (χ4n) is 3.54. The summed E-state index contributed by atoms with van der Waals surface area (Å²) in [7, 11) is 0. The summed E-state index contributed by atoms with van der Waals surface area (Å²) in [6.07, 6.45) is -4.49. The lowest BCUT2D eigenvalue weighted by Crippen LogP contribution is -2.40. The van der Waals surface area contributed by atoms with Gasteiger partial charge < -0.3 is 10.0 Å². The minimum Gasteiger partial charge on any atom is -0.372 e. The van der Waals surface area contributed by atoms with E-state index in [2.05, 4.69) is 0 Å². The van der Waals surface area contributed by atoms with Gasteiger partial charge in [0.15, 0.2) is 5.60 Å². The van der Waals surface area contributed by atoms with Crippen LogP contribution in [0, 0.1) is 0 Å². The van der Waals surface area contributed by atoms with Gasteiger partial charge in [-0.25, -0.2) is 0 Å². The molecule has 1 aliphatic heterocycles. The Morgan fingerprint density at radius 1 is 0.857 bits per heavy atom. The molecule has 0 fully saturated rings. The van der Waals surface area contributed by atoms with Crippen molar-refractivity contribution in [1.82, 2.24) is 0 Å². The highest BCUT2D eigenvalue weighted by molar-refractivity contribution is 6.09. The van der Waals surface area contributed by atoms with Crippen molar-refractivity contribution in [3.05, 3.63) is 101 Å². The highest BCUT2D eigenvalue weighted by atomic mass is 19.4. The molecule has 1 aliphatic rings. The highest BCUT2D eigenvalue weighted by Crippen LogP contribution is 2.45. The van der Waals surface area contributed by atoms with E-state index in [0.717, 1.165) is 29.8 Å². The van der Waals surface area contributed by atoms with Crippen LogP contribution in [0.3, 0.4) is 0 Å². The Labute approximate surface area is 159 Å². The zero-order valence-corrected chi connectivity index (χ0v) is 14.6. The zero-order chi connectivity index (χ0) is 19.9. The number of carbonyl (C=O) groups excluding carboxylic acids is 1. The number of nitrogens with zero attached hydrogens (tertiary/aromatic N) is 1. The van der Waals surface area contributed by atoms with Gasteiger partial charge in [0.2, 0.25) is 0 Å². The van der Waals surface area contributed by atoms with Crippen LogP contribution < -0.4 is 4.90 Å². The minimum atomic E-state index is -4.49. The van der Waals surface area contributed by atoms with Crippen LogP contribution in [-0.2, 0) is 23.1 Å². The number of halogens is 3. The predicted molar refractivity (Wildman–Crippen MR) is 98.5 cm³/mol. The van der Waals surface area contributed by atoms with Crippen LogP contribution in [0.15, 0.2) is 78.9 Å². The smallest absolute Gasteiger partial charge is 0.372 e. The molecule has 0 aromatic heterocycles. The van der Waals surface area contributed by atoms with E-state index in [0.29, 0.717) is 11.3 Å². The van der Waals surface area contributed by atoms with Crippen molar-refractivity contribution < 1.29 is 23.1 Å². The van der Waals surface area contributed by atoms with Gasteiger partial charge in [-0.2, -0.15) is 13.2 Å². The van der Waals surface area contributed by atoms with Gasteiger partial charge in [-0.05, 0) is 29.3 Å². The van der Waals surface area contributed by atoms with E-state index in [1.165, 1.54) is 4.90 Å². The summed E-state index contributed by atoms with van der Waals surface area (Å²) < 4.78 is 38.6. The number of alkyl halides is 3. The summed E-state index contributed by atoms with van der Waals surface area (Å²) >= 11 is 0. The molecule has 1 unspecified atom stereocenters. The van der Waals surface area contributed by atoms with E-state index in [1.54, 1.807) is 24.3 Å². The number of aliphatic hydroxyl groups is 1. The maximum atomic E-state index is 13.2. The van der Waals surface area contributed by atoms with Gasteiger partial charge in [0.1, 0.15) is 0 Å². The number of hydrogen-bond donors (Lipinski definition) is 1. The standard InChI is InChI=1S/C22H16F3NO2/c23-22(24,25)17-12-10-16(11-13-17)21(28)18-8-4-5-9-19(18)26(20(21)27)14-15-6-2-1-3-7-15/h1-13,28H,14H2. The second-order valence-electron chi connectivity index (χ2n) is 6.68. The topological polar surface area (TPSA) is 40.5 Å². The Morgan fingerprint density at radius 2 is 1.46 bits per heavy atom. The molecule has 4 rings (SSSR count). The summed E-state index contributed by atoms with van der Waals surface area (Å²) in [6.45, 7) is 0.250. The number of para-hydroxylation sites is 1. The molecule has 3 aromatic rings. The van der Waals surface area contributed by atoms with Gasteiger partial charge in [-0.15, -0.1) is 0 Å². The molecular weight excluding hydrogens is 367 g/mol. The Bertz CT molecular complexity index is 1020. The molecule has 28 heavy (non-hydrogen) atoms. The Balaban J connectivity index is 1.78. The normalized spacial score (nSPS) is 19.0. The first-order valence-electron chi connectivity index (χ1n) is 8.67. The van der Waals surface area contributed by atoms with Gasteiger partial charge in [0.05, 0.1) is 17.8 Å². The van der Waals surface area contributed by atoms with Gasteiger partial charge in [0.25, 0.3) is 5.91 Å². The lowest BCUT2D eigenvalue weighted by atomic mass is 9.87. The maximum Gasteiger partial charge on any atom is 0.416 e. The Kier molecular flexibility index (Phi) is 4.23. The molecule has 0 radical (unpaired) electrons. The monoisotopic (exact) mass is 383 g/mol. The van der Waals surface area contributed by atoms with E-state index < -0.39 is 23.2 Å². The fourth-order valence-corrected chi connectivity index (χ4v) is 3.54. The molecule has 3 nitrogen and oxygen atoms in total. The van der Waals surface area contributed by atoms with Crippen LogP contribution in [0.5, 0.6) is 0 Å². The van der Waals surface area contributed by atoms with Crippen LogP contribution in [0.4, 0.5) is 18.9 Å². The average Bonchev–Trinajstić information content (AvgIpc) is 2.91. The predicted octanol–water partition coefficient (Wildman–Crippen LogP) is 4.49. The van der Waals surface area contributed by atoms with Crippen LogP contribution in [-0.4, -0.2) is 11.0 Å². The van der Waals surface area contributed by atoms with Crippen molar-refractivity contribution in [3.63, 3.8) is 0 Å². The summed E-state index contributed by atoms with van der Waals surface area (Å²) in [5.41, 5.74) is -0.986. The van der Waals surface area contributed by atoms with Crippen LogP contribution in [0.1, 0.15) is 22.3 Å². The second kappa shape index (κ2) is 6.49. The van der Waals surface area contributed by atoms with Crippen molar-refractivity contribution >= 4 is 11.6 Å². The van der Waals surface area contributed by atoms with Gasteiger partial charge in [-0.1, -0.05) is 60.7 Å². The number of amides is 1. The third kappa shape index (κ3) is 2.86. The molecule has 142 valence electrons. The quantitative estimate of drug-likeness (QED) is 0.724. The fraction of sp³-hybridized carbons (Fsp3) is 0.136. The van der Waals surface area contributed by atoms with E-state index in [1.807, 2.05) is 30.3 Å². The molecule has 1 heterocycles. The summed E-state index contributed by atoms with van der Waals surface area (Å²) in [5, 5.41) is 11.4. The molecule has 0 spiro atoms. The molecule has 3 aromatic carbocycles. The first-order chi connectivity index (χ1) is 13.3. The number of hydrogen-bond acceptors (Lipinski definition) is 2. The first-order valence-corrected chi connectivity index (χ1v) is 8.67. The van der Waals surface area contributed by atoms with Gasteiger partial charge >= 0.3 is 6.18 Å². The Hall–Kier alpha value is -3.12. The van der Waals surface area contributed by atoms with Crippen molar-refractivity contribution in [2.45, 2.75) is 18.3 Å². The van der Waals surface area contributed by atoms with E-state index >= 15 is 0 Å². The molecule has 0 saturated heterocycles. The van der Waals surface area contributed by atoms with Gasteiger partial charge in [0, 0.05) is 5.56 Å². The van der Waals surface area contributed by atoms with Gasteiger partial charge in [-0.3, -0.25) is 4.79 Å². The third-order valence-electron chi connectivity index (χ3n) is 4.95. The highest BCUT2D eigenvalue weighted by Gasteiger charge is 2.51. The zero-order valence-electron chi connectivity index (χ0n) is 14.6. The number of fused-ring (bicyclic) bond motifs is 1.